The molecule has 1 aliphatic heterocycles. The smallest absolute Gasteiger partial charge is 0.142 e. The molecule has 5 heteroatoms. The predicted molar refractivity (Wildman–Crippen MR) is 83.1 cm³/mol. The predicted octanol–water partition coefficient (Wildman–Crippen LogP) is 5.69. The molecule has 0 N–H and O–H groups in total. The van der Waals surface area contributed by atoms with Crippen LogP contribution in [0.4, 0.5) is 13.2 Å². The third-order valence-corrected chi connectivity index (χ3v) is 6.15. The summed E-state index contributed by atoms with van der Waals surface area (Å²) in [6, 6.07) is 14.9. The quantitative estimate of drug-likeness (QED) is 0.441. The molecule has 0 aliphatic carbocycles. The van der Waals surface area contributed by atoms with Gasteiger partial charge in [0.05, 0.1) is 0 Å². The molecule has 1 heterocycles. The van der Waals surface area contributed by atoms with Gasteiger partial charge in [0.15, 0.2) is 0 Å². The number of ether oxygens (including phenoxy) is 1. The number of thiol groups is 1. The van der Waals surface area contributed by atoms with Gasteiger partial charge >= 0.3 is 0 Å². The van der Waals surface area contributed by atoms with Crippen molar-refractivity contribution in [2.45, 2.75) is 14.7 Å². The molecular formula is C18H11F3OS. The van der Waals surface area contributed by atoms with Crippen LogP contribution < -0.4 is 4.74 Å². The van der Waals surface area contributed by atoms with Gasteiger partial charge in [0.25, 0.3) is 0 Å². The standard InChI is InChI=1S/C18H11F3OS/c19-11-1-5-14(6-2-11)23-17-7-3-12(20)9-15(17)22-16-10-13(21)4-8-18(16)23/h1-10,23H. The van der Waals surface area contributed by atoms with Crippen molar-refractivity contribution in [1.29, 1.82) is 0 Å². The minimum atomic E-state index is -1.06. The number of benzene rings is 3. The minimum absolute atomic E-state index is 0.323. The Kier molecular flexibility index (Phi) is 3.31. The number of rotatable bonds is 1. The lowest BCUT2D eigenvalue weighted by Crippen LogP contribution is -2.02. The van der Waals surface area contributed by atoms with Crippen LogP contribution in [0.25, 0.3) is 0 Å². The first-order valence-corrected chi connectivity index (χ1v) is 8.29. The summed E-state index contributed by atoms with van der Waals surface area (Å²) in [4.78, 5) is 2.55. The highest BCUT2D eigenvalue weighted by atomic mass is 32.2. The summed E-state index contributed by atoms with van der Waals surface area (Å²) in [5, 5.41) is 0. The Morgan fingerprint density at radius 1 is 0.609 bits per heavy atom. The molecule has 4 rings (SSSR count). The van der Waals surface area contributed by atoms with Crippen LogP contribution in [0.3, 0.4) is 0 Å². The summed E-state index contributed by atoms with van der Waals surface area (Å²) >= 11 is 0. The van der Waals surface area contributed by atoms with E-state index < -0.39 is 22.5 Å². The minimum Gasteiger partial charge on any atom is -0.455 e. The first kappa shape index (κ1) is 14.2. The average molecular weight is 332 g/mol. The first-order chi connectivity index (χ1) is 11.1. The molecule has 0 saturated carbocycles. The van der Waals surface area contributed by atoms with Crippen molar-refractivity contribution < 1.29 is 17.9 Å². The third kappa shape index (κ3) is 2.47. The highest BCUT2D eigenvalue weighted by Gasteiger charge is 2.26. The van der Waals surface area contributed by atoms with Crippen molar-refractivity contribution in [2.24, 2.45) is 0 Å². The molecule has 0 spiro atoms. The summed E-state index contributed by atoms with van der Waals surface area (Å²) in [7, 11) is -1.06. The van der Waals surface area contributed by atoms with E-state index in [0.29, 0.717) is 11.5 Å². The van der Waals surface area contributed by atoms with Crippen LogP contribution >= 0.6 is 10.9 Å². The van der Waals surface area contributed by atoms with Crippen LogP contribution in [0.2, 0.25) is 0 Å². The van der Waals surface area contributed by atoms with Crippen LogP contribution in [0, 0.1) is 17.5 Å². The Morgan fingerprint density at radius 3 is 1.61 bits per heavy atom. The van der Waals surface area contributed by atoms with Crippen LogP contribution in [0.1, 0.15) is 0 Å². The van der Waals surface area contributed by atoms with E-state index >= 15 is 0 Å². The van der Waals surface area contributed by atoms with Crippen LogP contribution in [-0.4, -0.2) is 0 Å². The van der Waals surface area contributed by atoms with Gasteiger partial charge < -0.3 is 4.74 Å². The van der Waals surface area contributed by atoms with Gasteiger partial charge in [0.2, 0.25) is 0 Å². The van der Waals surface area contributed by atoms with Gasteiger partial charge in [-0.25, -0.2) is 13.2 Å². The van der Waals surface area contributed by atoms with Gasteiger partial charge in [-0.1, -0.05) is 0 Å². The molecule has 3 aromatic carbocycles. The fourth-order valence-corrected chi connectivity index (χ4v) is 5.00. The molecule has 0 amide bonds. The maximum absolute atomic E-state index is 13.5. The number of fused-ring (bicyclic) bond motifs is 2. The Hall–Kier alpha value is -2.40. The fraction of sp³-hybridized carbons (Fsp3) is 0. The van der Waals surface area contributed by atoms with Crippen molar-refractivity contribution >= 4 is 10.9 Å². The van der Waals surface area contributed by atoms with E-state index in [1.165, 1.54) is 36.4 Å². The third-order valence-electron chi connectivity index (χ3n) is 3.63. The van der Waals surface area contributed by atoms with E-state index in [9.17, 15) is 13.2 Å². The monoisotopic (exact) mass is 332 g/mol. The molecule has 0 bridgehead atoms. The second-order valence-electron chi connectivity index (χ2n) is 5.14. The lowest BCUT2D eigenvalue weighted by Gasteiger charge is -2.31. The maximum Gasteiger partial charge on any atom is 0.142 e. The summed E-state index contributed by atoms with van der Waals surface area (Å²) in [6.07, 6.45) is 0. The van der Waals surface area contributed by atoms with Crippen molar-refractivity contribution in [2.75, 3.05) is 0 Å². The van der Waals surface area contributed by atoms with E-state index in [0.717, 1.165) is 14.7 Å². The van der Waals surface area contributed by atoms with Gasteiger partial charge in [-0.3, -0.25) is 0 Å². The SMILES string of the molecule is Fc1ccc([SH]2c3ccc(F)cc3Oc3cc(F)ccc32)cc1. The number of hydrogen-bond donors (Lipinski definition) is 1. The zero-order valence-corrected chi connectivity index (χ0v) is 12.7. The Labute approximate surface area is 133 Å². The van der Waals surface area contributed by atoms with Crippen molar-refractivity contribution in [3.63, 3.8) is 0 Å². The zero-order chi connectivity index (χ0) is 16.0. The van der Waals surface area contributed by atoms with E-state index in [1.807, 2.05) is 0 Å². The molecule has 0 atom stereocenters. The Bertz CT molecular complexity index is 842. The second kappa shape index (κ2) is 5.35. The van der Waals surface area contributed by atoms with Gasteiger partial charge in [-0.05, 0) is 53.4 Å². The highest BCUT2D eigenvalue weighted by Crippen LogP contribution is 2.61. The summed E-state index contributed by atoms with van der Waals surface area (Å²) < 4.78 is 46.0. The molecule has 23 heavy (non-hydrogen) atoms. The van der Waals surface area contributed by atoms with E-state index in [4.69, 9.17) is 4.74 Å². The number of hydrogen-bond acceptors (Lipinski definition) is 1. The van der Waals surface area contributed by atoms with Crippen LogP contribution in [-0.2, 0) is 0 Å². The van der Waals surface area contributed by atoms with E-state index in [1.54, 1.807) is 24.3 Å². The topological polar surface area (TPSA) is 9.23 Å². The zero-order valence-electron chi connectivity index (χ0n) is 11.8. The lowest BCUT2D eigenvalue weighted by atomic mass is 10.3. The molecule has 0 unspecified atom stereocenters. The largest absolute Gasteiger partial charge is 0.455 e. The summed E-state index contributed by atoms with van der Waals surface area (Å²) in [6.45, 7) is 0. The molecule has 0 aromatic heterocycles. The molecule has 1 aliphatic rings. The summed E-state index contributed by atoms with van der Waals surface area (Å²) in [5.74, 6) is -0.414. The average Bonchev–Trinajstić information content (AvgIpc) is 2.53. The van der Waals surface area contributed by atoms with E-state index in [2.05, 4.69) is 0 Å². The lowest BCUT2D eigenvalue weighted by molar-refractivity contribution is 0.443. The molecule has 0 radical (unpaired) electrons. The maximum atomic E-state index is 13.5. The van der Waals surface area contributed by atoms with Crippen LogP contribution in [0.15, 0.2) is 75.4 Å². The Balaban J connectivity index is 1.95. The molecule has 3 aromatic rings. The van der Waals surface area contributed by atoms with Gasteiger partial charge in [0.1, 0.15) is 29.0 Å². The molecule has 116 valence electrons. The molecular weight excluding hydrogens is 321 g/mol. The second-order valence-corrected chi connectivity index (χ2v) is 7.29. The normalized spacial score (nSPS) is 14.0. The van der Waals surface area contributed by atoms with Gasteiger partial charge in [-0.15, -0.1) is 0 Å². The Morgan fingerprint density at radius 2 is 1.09 bits per heavy atom. The van der Waals surface area contributed by atoms with Gasteiger partial charge in [-0.2, -0.15) is 10.9 Å². The van der Waals surface area contributed by atoms with Gasteiger partial charge in [0, 0.05) is 21.9 Å². The van der Waals surface area contributed by atoms with E-state index in [-0.39, 0.29) is 5.82 Å². The fourth-order valence-electron chi connectivity index (χ4n) is 2.63. The first-order valence-electron chi connectivity index (χ1n) is 6.94. The van der Waals surface area contributed by atoms with Crippen molar-refractivity contribution in [1.82, 2.24) is 0 Å². The molecule has 0 saturated heterocycles. The summed E-state index contributed by atoms with van der Waals surface area (Å²) in [5.41, 5.74) is 0. The van der Waals surface area contributed by atoms with Crippen molar-refractivity contribution in [3.05, 3.63) is 78.1 Å². The highest BCUT2D eigenvalue weighted by molar-refractivity contribution is 8.17. The number of halogens is 3. The molecule has 0 fully saturated rings. The molecule has 1 nitrogen and oxygen atoms in total. The van der Waals surface area contributed by atoms with Crippen molar-refractivity contribution in [3.8, 4) is 11.5 Å². The van der Waals surface area contributed by atoms with Crippen LogP contribution in [0.5, 0.6) is 11.5 Å².